The van der Waals surface area contributed by atoms with E-state index in [0.717, 1.165) is 24.4 Å². The van der Waals surface area contributed by atoms with Crippen LogP contribution >= 0.6 is 0 Å². The van der Waals surface area contributed by atoms with E-state index in [2.05, 4.69) is 32.6 Å². The van der Waals surface area contributed by atoms with Crippen LogP contribution in [0.2, 0.25) is 0 Å². The predicted molar refractivity (Wildman–Crippen MR) is 83.1 cm³/mol. The van der Waals surface area contributed by atoms with Crippen LogP contribution in [0.15, 0.2) is 0 Å². The van der Waals surface area contributed by atoms with Crippen LogP contribution in [0.1, 0.15) is 66.2 Å². The summed E-state index contributed by atoms with van der Waals surface area (Å²) in [4.78, 5) is 2.80. The predicted octanol–water partition coefficient (Wildman–Crippen LogP) is 3.65. The molecule has 0 amide bonds. The molecule has 2 N–H and O–H groups in total. The van der Waals surface area contributed by atoms with Crippen molar-refractivity contribution < 1.29 is 0 Å². The van der Waals surface area contributed by atoms with Crippen LogP contribution in [-0.2, 0) is 0 Å². The Morgan fingerprint density at radius 1 is 1.11 bits per heavy atom. The van der Waals surface area contributed by atoms with Gasteiger partial charge in [-0.1, -0.05) is 40.5 Å². The highest BCUT2D eigenvalue weighted by atomic mass is 15.2. The molecule has 1 aliphatic carbocycles. The van der Waals surface area contributed by atoms with Gasteiger partial charge in [-0.05, 0) is 49.5 Å². The van der Waals surface area contributed by atoms with E-state index in [1.165, 1.54) is 45.1 Å². The average molecular weight is 266 g/mol. The molecule has 4 unspecified atom stereocenters. The summed E-state index contributed by atoms with van der Waals surface area (Å²) >= 11 is 0. The molecule has 4 atom stereocenters. The van der Waals surface area contributed by atoms with Crippen LogP contribution in [0, 0.1) is 17.3 Å². The van der Waals surface area contributed by atoms with E-state index in [1.54, 1.807) is 0 Å². The van der Waals surface area contributed by atoms with Crippen molar-refractivity contribution in [3.05, 3.63) is 0 Å². The van der Waals surface area contributed by atoms with Crippen molar-refractivity contribution in [2.75, 3.05) is 13.1 Å². The molecule has 2 aliphatic rings. The molecule has 2 rings (SSSR count). The van der Waals surface area contributed by atoms with Gasteiger partial charge >= 0.3 is 0 Å². The zero-order valence-electron chi connectivity index (χ0n) is 13.5. The SMILES string of the molecule is CC1CCN(C2CCCCC2C(C)(C)C)C(CN)C1. The van der Waals surface area contributed by atoms with E-state index in [9.17, 15) is 0 Å². The molecular formula is C17H34N2. The summed E-state index contributed by atoms with van der Waals surface area (Å²) in [6.07, 6.45) is 8.33. The number of likely N-dealkylation sites (tertiary alicyclic amines) is 1. The Morgan fingerprint density at radius 2 is 1.79 bits per heavy atom. The average Bonchev–Trinajstić information content (AvgIpc) is 2.37. The van der Waals surface area contributed by atoms with E-state index >= 15 is 0 Å². The molecule has 112 valence electrons. The Kier molecular flexibility index (Phi) is 4.94. The smallest absolute Gasteiger partial charge is 0.0224 e. The van der Waals surface area contributed by atoms with Crippen LogP contribution in [-0.4, -0.2) is 30.1 Å². The van der Waals surface area contributed by atoms with Crippen LogP contribution in [0.4, 0.5) is 0 Å². The minimum Gasteiger partial charge on any atom is -0.329 e. The Hall–Kier alpha value is -0.0800. The zero-order chi connectivity index (χ0) is 14.0. The Balaban J connectivity index is 2.12. The third-order valence-corrected chi connectivity index (χ3v) is 5.56. The highest BCUT2D eigenvalue weighted by molar-refractivity contribution is 4.94. The highest BCUT2D eigenvalue weighted by Gasteiger charge is 2.40. The molecule has 2 heteroatoms. The second-order valence-electron chi connectivity index (χ2n) is 8.08. The van der Waals surface area contributed by atoms with Gasteiger partial charge in [-0.2, -0.15) is 0 Å². The normalized spacial score (nSPS) is 38.4. The first-order valence-corrected chi connectivity index (χ1v) is 8.39. The molecule has 0 aromatic rings. The van der Waals surface area contributed by atoms with Gasteiger partial charge < -0.3 is 5.73 Å². The Labute approximate surface area is 120 Å². The monoisotopic (exact) mass is 266 g/mol. The first-order valence-electron chi connectivity index (χ1n) is 8.39. The summed E-state index contributed by atoms with van der Waals surface area (Å²) in [5.74, 6) is 1.71. The summed E-state index contributed by atoms with van der Waals surface area (Å²) in [6, 6.07) is 1.42. The third-order valence-electron chi connectivity index (χ3n) is 5.56. The Bertz CT molecular complexity index is 281. The largest absolute Gasteiger partial charge is 0.329 e. The number of hydrogen-bond acceptors (Lipinski definition) is 2. The zero-order valence-corrected chi connectivity index (χ0v) is 13.5. The maximum Gasteiger partial charge on any atom is 0.0224 e. The maximum atomic E-state index is 6.08. The number of rotatable bonds is 2. The summed E-state index contributed by atoms with van der Waals surface area (Å²) in [5, 5.41) is 0. The quantitative estimate of drug-likeness (QED) is 0.826. The standard InChI is InChI=1S/C17H34N2/c1-13-9-10-19(14(11-13)12-18)16-8-6-5-7-15(16)17(2,3)4/h13-16H,5-12,18H2,1-4H3. The minimum absolute atomic E-state index is 0.438. The van der Waals surface area contributed by atoms with Crippen molar-refractivity contribution in [1.29, 1.82) is 0 Å². The highest BCUT2D eigenvalue weighted by Crippen LogP contribution is 2.42. The molecule has 0 aromatic heterocycles. The van der Waals surface area contributed by atoms with Gasteiger partial charge in [0, 0.05) is 18.6 Å². The van der Waals surface area contributed by atoms with Gasteiger partial charge in [0.25, 0.3) is 0 Å². The maximum absolute atomic E-state index is 6.08. The molecule has 1 aliphatic heterocycles. The van der Waals surface area contributed by atoms with E-state index in [-0.39, 0.29) is 0 Å². The minimum atomic E-state index is 0.438. The Morgan fingerprint density at radius 3 is 2.42 bits per heavy atom. The summed E-state index contributed by atoms with van der Waals surface area (Å²) in [6.45, 7) is 11.8. The van der Waals surface area contributed by atoms with Crippen molar-refractivity contribution in [3.63, 3.8) is 0 Å². The van der Waals surface area contributed by atoms with Crippen LogP contribution in [0.3, 0.4) is 0 Å². The van der Waals surface area contributed by atoms with Crippen molar-refractivity contribution in [1.82, 2.24) is 4.90 Å². The molecule has 0 spiro atoms. The second kappa shape index (κ2) is 6.13. The van der Waals surface area contributed by atoms with Crippen LogP contribution in [0.25, 0.3) is 0 Å². The topological polar surface area (TPSA) is 29.3 Å². The fraction of sp³-hybridized carbons (Fsp3) is 1.00. The molecule has 1 saturated heterocycles. The molecule has 2 nitrogen and oxygen atoms in total. The van der Waals surface area contributed by atoms with Gasteiger partial charge in [-0.3, -0.25) is 4.90 Å². The van der Waals surface area contributed by atoms with Crippen molar-refractivity contribution in [2.24, 2.45) is 23.0 Å². The summed E-state index contributed by atoms with van der Waals surface area (Å²) in [7, 11) is 0. The van der Waals surface area contributed by atoms with Crippen LogP contribution in [0.5, 0.6) is 0 Å². The second-order valence-corrected chi connectivity index (χ2v) is 8.08. The van der Waals surface area contributed by atoms with Gasteiger partial charge in [0.2, 0.25) is 0 Å². The molecule has 2 fully saturated rings. The van der Waals surface area contributed by atoms with Crippen molar-refractivity contribution in [2.45, 2.75) is 78.3 Å². The van der Waals surface area contributed by atoms with E-state index in [1.807, 2.05) is 0 Å². The van der Waals surface area contributed by atoms with E-state index in [4.69, 9.17) is 5.73 Å². The van der Waals surface area contributed by atoms with E-state index in [0.29, 0.717) is 11.5 Å². The first-order chi connectivity index (χ1) is 8.93. The summed E-state index contributed by atoms with van der Waals surface area (Å²) in [5.41, 5.74) is 6.51. The van der Waals surface area contributed by atoms with Gasteiger partial charge in [0.1, 0.15) is 0 Å². The van der Waals surface area contributed by atoms with Gasteiger partial charge in [0.05, 0.1) is 0 Å². The number of hydrogen-bond donors (Lipinski definition) is 1. The molecule has 0 bridgehead atoms. The molecule has 1 heterocycles. The first kappa shape index (κ1) is 15.3. The molecule has 1 saturated carbocycles. The lowest BCUT2D eigenvalue weighted by molar-refractivity contribution is -0.00801. The van der Waals surface area contributed by atoms with Gasteiger partial charge in [-0.15, -0.1) is 0 Å². The molecular weight excluding hydrogens is 232 g/mol. The fourth-order valence-electron chi connectivity index (χ4n) is 4.46. The van der Waals surface area contributed by atoms with Gasteiger partial charge in [0.15, 0.2) is 0 Å². The number of piperidine rings is 1. The third kappa shape index (κ3) is 3.52. The van der Waals surface area contributed by atoms with Gasteiger partial charge in [-0.25, -0.2) is 0 Å². The van der Waals surface area contributed by atoms with Crippen molar-refractivity contribution in [3.8, 4) is 0 Å². The number of nitrogens with zero attached hydrogens (tertiary/aromatic N) is 1. The molecule has 19 heavy (non-hydrogen) atoms. The van der Waals surface area contributed by atoms with E-state index < -0.39 is 0 Å². The summed E-state index contributed by atoms with van der Waals surface area (Å²) < 4.78 is 0. The lowest BCUT2D eigenvalue weighted by Gasteiger charge is -2.50. The number of nitrogens with two attached hydrogens (primary N) is 1. The fourth-order valence-corrected chi connectivity index (χ4v) is 4.46. The van der Waals surface area contributed by atoms with Crippen molar-refractivity contribution >= 4 is 0 Å². The lowest BCUT2D eigenvalue weighted by atomic mass is 9.68. The molecule has 0 radical (unpaired) electrons. The van der Waals surface area contributed by atoms with Crippen LogP contribution < -0.4 is 5.73 Å². The molecule has 0 aromatic carbocycles. The lowest BCUT2D eigenvalue weighted by Crippen LogP contribution is -2.56.